The zero-order valence-electron chi connectivity index (χ0n) is 25.3. The smallest absolute Gasteiger partial charge is 0.309 e. The molecule has 0 saturated heterocycles. The van der Waals surface area contributed by atoms with Crippen molar-refractivity contribution in [3.05, 3.63) is 47.8 Å². The van der Waals surface area contributed by atoms with Crippen molar-refractivity contribution in [3.8, 4) is 17.2 Å². The zero-order valence-corrected chi connectivity index (χ0v) is 25.3. The second-order valence-electron chi connectivity index (χ2n) is 10.4. The molecule has 3 atom stereocenters. The molecule has 0 unspecified atom stereocenters. The van der Waals surface area contributed by atoms with Gasteiger partial charge in [-0.3, -0.25) is 14.4 Å². The Labute approximate surface area is 245 Å². The van der Waals surface area contributed by atoms with Gasteiger partial charge in [0.15, 0.2) is 34.5 Å². The average Bonchev–Trinajstić information content (AvgIpc) is 2.93. The molecule has 1 heterocycles. The SMILES string of the molecule is CCC(CC)[C@H](Oc1cc(F)ccc1F)[C@H](C)OC(=O)[C@@H](CC(=O)c1nccc(OC)c1OCOC(C)=O)CC(C)C. The molecule has 0 spiro atoms. The lowest BCUT2D eigenvalue weighted by Crippen LogP contribution is -2.41. The van der Waals surface area contributed by atoms with Crippen molar-refractivity contribution in [3.63, 3.8) is 0 Å². The average molecular weight is 594 g/mol. The normalized spacial score (nSPS) is 13.3. The number of ketones is 1. The van der Waals surface area contributed by atoms with E-state index in [0.29, 0.717) is 19.3 Å². The summed E-state index contributed by atoms with van der Waals surface area (Å²) < 4.78 is 55.6. The minimum atomic E-state index is -0.845. The minimum absolute atomic E-state index is 0.0180. The third-order valence-corrected chi connectivity index (χ3v) is 6.77. The first kappa shape index (κ1) is 34.4. The third kappa shape index (κ3) is 9.95. The summed E-state index contributed by atoms with van der Waals surface area (Å²) in [5, 5.41) is 0. The molecule has 1 aromatic carbocycles. The number of carbonyl (C=O) groups excluding carboxylic acids is 3. The Morgan fingerprint density at radius 3 is 2.29 bits per heavy atom. The fourth-order valence-corrected chi connectivity index (χ4v) is 4.64. The number of hydrogen-bond donors (Lipinski definition) is 0. The molecule has 9 nitrogen and oxygen atoms in total. The molecular formula is C31H41F2NO8. The molecule has 0 bridgehead atoms. The van der Waals surface area contributed by atoms with E-state index in [1.165, 1.54) is 26.3 Å². The monoisotopic (exact) mass is 593 g/mol. The number of benzene rings is 1. The number of carbonyl (C=O) groups is 3. The summed E-state index contributed by atoms with van der Waals surface area (Å²) in [6, 6.07) is 4.42. The Kier molecular flexibility index (Phi) is 13.6. The van der Waals surface area contributed by atoms with Crippen LogP contribution in [0.1, 0.15) is 77.7 Å². The van der Waals surface area contributed by atoms with Gasteiger partial charge in [-0.1, -0.05) is 27.7 Å². The largest absolute Gasteiger partial charge is 0.493 e. The van der Waals surface area contributed by atoms with Gasteiger partial charge in [0, 0.05) is 31.7 Å². The van der Waals surface area contributed by atoms with Crippen LogP contribution in [0.5, 0.6) is 17.2 Å². The van der Waals surface area contributed by atoms with E-state index in [1.807, 2.05) is 27.7 Å². The first-order valence-corrected chi connectivity index (χ1v) is 14.1. The molecule has 0 aliphatic rings. The molecule has 0 N–H and O–H groups in total. The maximum absolute atomic E-state index is 14.4. The van der Waals surface area contributed by atoms with Crippen molar-refractivity contribution in [2.45, 2.75) is 79.4 Å². The van der Waals surface area contributed by atoms with Crippen molar-refractivity contribution in [2.75, 3.05) is 13.9 Å². The molecule has 232 valence electrons. The van der Waals surface area contributed by atoms with Crippen LogP contribution >= 0.6 is 0 Å². The highest BCUT2D eigenvalue weighted by atomic mass is 19.1. The number of methoxy groups -OCH3 is 1. The van der Waals surface area contributed by atoms with E-state index >= 15 is 0 Å². The van der Waals surface area contributed by atoms with Gasteiger partial charge in [0.1, 0.15) is 18.0 Å². The molecule has 0 fully saturated rings. The summed E-state index contributed by atoms with van der Waals surface area (Å²) in [4.78, 5) is 42.2. The van der Waals surface area contributed by atoms with Crippen molar-refractivity contribution in [2.24, 2.45) is 17.8 Å². The number of ether oxygens (including phenoxy) is 5. The Hall–Kier alpha value is -3.76. The van der Waals surface area contributed by atoms with Crippen molar-refractivity contribution in [1.29, 1.82) is 0 Å². The second-order valence-corrected chi connectivity index (χ2v) is 10.4. The van der Waals surface area contributed by atoms with Crippen LogP contribution in [0.25, 0.3) is 0 Å². The van der Waals surface area contributed by atoms with E-state index in [4.69, 9.17) is 23.7 Å². The fourth-order valence-electron chi connectivity index (χ4n) is 4.64. The molecule has 0 radical (unpaired) electrons. The highest BCUT2D eigenvalue weighted by molar-refractivity contribution is 5.99. The van der Waals surface area contributed by atoms with E-state index in [1.54, 1.807) is 6.92 Å². The lowest BCUT2D eigenvalue weighted by atomic mass is 9.90. The van der Waals surface area contributed by atoms with Gasteiger partial charge in [0.05, 0.1) is 13.0 Å². The number of rotatable bonds is 17. The summed E-state index contributed by atoms with van der Waals surface area (Å²) in [5.74, 6) is -4.11. The zero-order chi connectivity index (χ0) is 31.4. The van der Waals surface area contributed by atoms with Gasteiger partial charge in [-0.25, -0.2) is 13.8 Å². The van der Waals surface area contributed by atoms with Crippen molar-refractivity contribution < 1.29 is 46.8 Å². The molecule has 0 aliphatic carbocycles. The van der Waals surface area contributed by atoms with Gasteiger partial charge in [0.2, 0.25) is 6.79 Å². The first-order chi connectivity index (χ1) is 19.9. The predicted octanol–water partition coefficient (Wildman–Crippen LogP) is 6.32. The van der Waals surface area contributed by atoms with Crippen LogP contribution in [0.3, 0.4) is 0 Å². The predicted molar refractivity (Wildman–Crippen MR) is 150 cm³/mol. The Morgan fingerprint density at radius 2 is 1.69 bits per heavy atom. The number of hydrogen-bond acceptors (Lipinski definition) is 9. The lowest BCUT2D eigenvalue weighted by Gasteiger charge is -2.32. The van der Waals surface area contributed by atoms with Gasteiger partial charge in [-0.15, -0.1) is 0 Å². The highest BCUT2D eigenvalue weighted by Gasteiger charge is 2.34. The summed E-state index contributed by atoms with van der Waals surface area (Å²) >= 11 is 0. The minimum Gasteiger partial charge on any atom is -0.493 e. The van der Waals surface area contributed by atoms with Crippen LogP contribution in [-0.4, -0.2) is 48.8 Å². The Morgan fingerprint density at radius 1 is 1.00 bits per heavy atom. The van der Waals surface area contributed by atoms with Crippen molar-refractivity contribution >= 4 is 17.7 Å². The van der Waals surface area contributed by atoms with Crippen LogP contribution < -0.4 is 14.2 Å². The maximum Gasteiger partial charge on any atom is 0.309 e. The van der Waals surface area contributed by atoms with E-state index < -0.39 is 54.3 Å². The van der Waals surface area contributed by atoms with E-state index in [2.05, 4.69) is 4.98 Å². The van der Waals surface area contributed by atoms with Gasteiger partial charge in [0.25, 0.3) is 0 Å². The molecule has 0 saturated carbocycles. The summed E-state index contributed by atoms with van der Waals surface area (Å²) in [5.41, 5.74) is -0.0871. The van der Waals surface area contributed by atoms with Crippen molar-refractivity contribution in [1.82, 2.24) is 4.98 Å². The van der Waals surface area contributed by atoms with Crippen LogP contribution in [0, 0.1) is 29.4 Å². The van der Waals surface area contributed by atoms with Gasteiger partial charge in [-0.2, -0.15) is 0 Å². The highest BCUT2D eigenvalue weighted by Crippen LogP contribution is 2.33. The molecule has 1 aromatic heterocycles. The van der Waals surface area contributed by atoms with Crippen LogP contribution in [-0.2, 0) is 19.1 Å². The second kappa shape index (κ2) is 16.6. The molecule has 11 heteroatoms. The Balaban J connectivity index is 2.29. The molecule has 0 amide bonds. The summed E-state index contributed by atoms with van der Waals surface area (Å²) in [6.07, 6.45) is 1.13. The first-order valence-electron chi connectivity index (χ1n) is 14.1. The third-order valence-electron chi connectivity index (χ3n) is 6.77. The topological polar surface area (TPSA) is 110 Å². The van der Waals surface area contributed by atoms with E-state index in [9.17, 15) is 23.2 Å². The maximum atomic E-state index is 14.4. The fraction of sp³-hybridized carbons (Fsp3) is 0.548. The van der Waals surface area contributed by atoms with Crippen LogP contribution in [0.2, 0.25) is 0 Å². The number of esters is 2. The summed E-state index contributed by atoms with van der Waals surface area (Å²) in [6.45, 7) is 10.1. The number of aromatic nitrogens is 1. The van der Waals surface area contributed by atoms with Gasteiger partial charge < -0.3 is 23.7 Å². The van der Waals surface area contributed by atoms with Crippen LogP contribution in [0.4, 0.5) is 8.78 Å². The standard InChI is InChI=1S/C31H41F2NO8/c1-8-21(9-2)29(42-27-16-23(32)10-11-24(27)33)19(5)41-31(37)22(14-18(3)4)15-25(36)28-30(40-17-39-20(6)35)26(38-7)12-13-34-28/h10-13,16,18-19,21-22,29H,8-9,14-15,17H2,1-7H3/t19-,22+,29+/m0/s1. The molecular weight excluding hydrogens is 552 g/mol. The lowest BCUT2D eigenvalue weighted by molar-refractivity contribution is -0.160. The van der Waals surface area contributed by atoms with Crippen LogP contribution in [0.15, 0.2) is 30.5 Å². The number of halogens is 2. The molecule has 0 aliphatic heterocycles. The quantitative estimate of drug-likeness (QED) is 0.118. The molecule has 42 heavy (non-hydrogen) atoms. The Bertz CT molecular complexity index is 1200. The number of Topliss-reactive ketones (excluding diaryl/α,β-unsaturated/α-hetero) is 1. The van der Waals surface area contributed by atoms with Gasteiger partial charge >= 0.3 is 11.9 Å². The molecule has 2 rings (SSSR count). The number of nitrogens with zero attached hydrogens (tertiary/aromatic N) is 1. The molecule has 2 aromatic rings. The van der Waals surface area contributed by atoms with E-state index in [0.717, 1.165) is 18.2 Å². The van der Waals surface area contributed by atoms with E-state index in [-0.39, 0.29) is 41.2 Å². The number of pyridine rings is 1. The van der Waals surface area contributed by atoms with Gasteiger partial charge in [-0.05, 0) is 50.2 Å². The summed E-state index contributed by atoms with van der Waals surface area (Å²) in [7, 11) is 1.39.